The summed E-state index contributed by atoms with van der Waals surface area (Å²) in [5, 5.41) is 0. The predicted molar refractivity (Wildman–Crippen MR) is 172 cm³/mol. The number of sulfonamides is 1. The molecule has 228 valence electrons. The third-order valence-corrected chi connectivity index (χ3v) is 10.1. The van der Waals surface area contributed by atoms with Crippen LogP contribution in [0, 0.1) is 6.92 Å². The fourth-order valence-corrected chi connectivity index (χ4v) is 6.99. The van der Waals surface area contributed by atoms with Crippen LogP contribution in [-0.4, -0.2) is 25.8 Å². The first-order chi connectivity index (χ1) is 19.0. The van der Waals surface area contributed by atoms with Crippen molar-refractivity contribution in [1.29, 1.82) is 0 Å². The molecule has 1 rings (SSSR count). The normalized spacial score (nSPS) is 12.0. The Kier molecular flexibility index (Phi) is 23.1. The topological polar surface area (TPSA) is 37.4 Å². The molecule has 0 bridgehead atoms. The van der Waals surface area contributed by atoms with Gasteiger partial charge in [0, 0.05) is 13.1 Å². The Bertz CT molecular complexity index is 731. The van der Waals surface area contributed by atoms with Gasteiger partial charge in [-0.15, -0.1) is 0 Å². The minimum absolute atomic E-state index is 0.450. The Morgan fingerprint density at radius 2 is 0.744 bits per heavy atom. The summed E-state index contributed by atoms with van der Waals surface area (Å²) in [5.41, 5.74) is 1.10. The Labute approximate surface area is 245 Å². The molecule has 0 aliphatic heterocycles. The summed E-state index contributed by atoms with van der Waals surface area (Å²) in [4.78, 5) is 0.450. The lowest BCUT2D eigenvalue weighted by Crippen LogP contribution is -2.33. The van der Waals surface area contributed by atoms with Crippen molar-refractivity contribution in [1.82, 2.24) is 4.31 Å². The summed E-state index contributed by atoms with van der Waals surface area (Å²) in [7, 11) is -3.41. The van der Waals surface area contributed by atoms with Crippen molar-refractivity contribution in [2.24, 2.45) is 0 Å². The second kappa shape index (κ2) is 24.9. The summed E-state index contributed by atoms with van der Waals surface area (Å²) >= 11 is 0. The zero-order valence-electron chi connectivity index (χ0n) is 26.4. The van der Waals surface area contributed by atoms with E-state index in [4.69, 9.17) is 0 Å². The van der Waals surface area contributed by atoms with Gasteiger partial charge >= 0.3 is 0 Å². The van der Waals surface area contributed by atoms with E-state index in [2.05, 4.69) is 13.8 Å². The molecule has 0 aliphatic carbocycles. The maximum Gasteiger partial charge on any atom is 0.243 e. The Balaban J connectivity index is 2.30. The lowest BCUT2D eigenvalue weighted by molar-refractivity contribution is 0.383. The number of aryl methyl sites for hydroxylation is 1. The van der Waals surface area contributed by atoms with Gasteiger partial charge in [-0.1, -0.05) is 173 Å². The summed E-state index contributed by atoms with van der Waals surface area (Å²) < 4.78 is 28.7. The molecule has 0 unspecified atom stereocenters. The highest BCUT2D eigenvalue weighted by Crippen LogP contribution is 2.20. The standard InChI is InChI=1S/C35H65NO2S/c1-4-6-8-10-12-14-16-18-20-22-24-26-32-36(39(37,38)35-30-28-34(3)29-31-35)33-27-25-23-21-19-17-15-13-11-9-7-5-2/h28-31H,4-27,32-33H2,1-3H3. The molecule has 0 saturated heterocycles. The zero-order chi connectivity index (χ0) is 28.4. The van der Waals surface area contributed by atoms with E-state index in [1.807, 2.05) is 19.1 Å². The molecule has 39 heavy (non-hydrogen) atoms. The molecule has 0 aliphatic rings. The molecule has 3 nitrogen and oxygen atoms in total. The molecule has 0 saturated carbocycles. The number of unbranched alkanes of at least 4 members (excludes halogenated alkanes) is 22. The lowest BCUT2D eigenvalue weighted by Gasteiger charge is -2.22. The van der Waals surface area contributed by atoms with Gasteiger partial charge in [0.1, 0.15) is 0 Å². The molecule has 0 radical (unpaired) electrons. The second-order valence-electron chi connectivity index (χ2n) is 12.0. The fraction of sp³-hybridized carbons (Fsp3) is 0.829. The van der Waals surface area contributed by atoms with Gasteiger partial charge in [0.05, 0.1) is 4.90 Å². The molecule has 0 aromatic heterocycles. The predicted octanol–water partition coefficient (Wildman–Crippen LogP) is 11.4. The zero-order valence-corrected chi connectivity index (χ0v) is 27.2. The molecule has 0 heterocycles. The van der Waals surface area contributed by atoms with Gasteiger partial charge in [-0.2, -0.15) is 4.31 Å². The van der Waals surface area contributed by atoms with E-state index in [1.54, 1.807) is 16.4 Å². The maximum absolute atomic E-state index is 13.4. The smallest absolute Gasteiger partial charge is 0.207 e. The van der Waals surface area contributed by atoms with E-state index in [-0.39, 0.29) is 0 Å². The van der Waals surface area contributed by atoms with Crippen molar-refractivity contribution >= 4 is 10.0 Å². The highest BCUT2D eigenvalue weighted by molar-refractivity contribution is 7.89. The minimum Gasteiger partial charge on any atom is -0.207 e. The van der Waals surface area contributed by atoms with Crippen LogP contribution in [0.5, 0.6) is 0 Å². The van der Waals surface area contributed by atoms with Crippen LogP contribution in [-0.2, 0) is 10.0 Å². The van der Waals surface area contributed by atoms with E-state index in [1.165, 1.54) is 128 Å². The molecule has 1 aromatic carbocycles. The Morgan fingerprint density at radius 3 is 1.05 bits per heavy atom. The molecule has 0 spiro atoms. The van der Waals surface area contributed by atoms with Crippen LogP contribution in [0.2, 0.25) is 0 Å². The highest BCUT2D eigenvalue weighted by Gasteiger charge is 2.23. The molecule has 0 amide bonds. The maximum atomic E-state index is 13.4. The van der Waals surface area contributed by atoms with E-state index < -0.39 is 10.0 Å². The largest absolute Gasteiger partial charge is 0.243 e. The van der Waals surface area contributed by atoms with Gasteiger partial charge in [0.2, 0.25) is 10.0 Å². The van der Waals surface area contributed by atoms with Crippen LogP contribution in [0.3, 0.4) is 0 Å². The molecular formula is C35H65NO2S. The monoisotopic (exact) mass is 563 g/mol. The first kappa shape index (κ1) is 36.2. The van der Waals surface area contributed by atoms with Crippen LogP contribution >= 0.6 is 0 Å². The summed E-state index contributed by atoms with van der Waals surface area (Å²) in [6.45, 7) is 7.87. The summed E-state index contributed by atoms with van der Waals surface area (Å²) in [6, 6.07) is 7.39. The first-order valence-corrected chi connectivity index (χ1v) is 18.5. The van der Waals surface area contributed by atoms with Crippen molar-refractivity contribution in [3.63, 3.8) is 0 Å². The van der Waals surface area contributed by atoms with Crippen molar-refractivity contribution in [3.05, 3.63) is 29.8 Å². The van der Waals surface area contributed by atoms with Crippen LogP contribution < -0.4 is 0 Å². The number of benzene rings is 1. The van der Waals surface area contributed by atoms with Gasteiger partial charge in [-0.05, 0) is 31.9 Å². The SMILES string of the molecule is CCCCCCCCCCCCCCN(CCCCCCCCCCCCCC)S(=O)(=O)c1ccc(C)cc1. The Hall–Kier alpha value is -0.870. The molecular weight excluding hydrogens is 498 g/mol. The summed E-state index contributed by atoms with van der Waals surface area (Å²) in [5.74, 6) is 0. The van der Waals surface area contributed by atoms with E-state index in [0.717, 1.165) is 31.2 Å². The van der Waals surface area contributed by atoms with Crippen molar-refractivity contribution < 1.29 is 8.42 Å². The molecule has 0 atom stereocenters. The lowest BCUT2D eigenvalue weighted by atomic mass is 10.1. The van der Waals surface area contributed by atoms with E-state index >= 15 is 0 Å². The third kappa shape index (κ3) is 19.0. The molecule has 4 heteroatoms. The Morgan fingerprint density at radius 1 is 0.462 bits per heavy atom. The second-order valence-corrected chi connectivity index (χ2v) is 13.9. The number of hydrogen-bond donors (Lipinski definition) is 0. The van der Waals surface area contributed by atoms with Crippen LogP contribution in [0.1, 0.15) is 174 Å². The minimum atomic E-state index is -3.41. The number of nitrogens with zero attached hydrogens (tertiary/aromatic N) is 1. The van der Waals surface area contributed by atoms with Gasteiger partial charge in [-0.25, -0.2) is 8.42 Å². The van der Waals surface area contributed by atoms with Crippen molar-refractivity contribution in [2.45, 2.75) is 180 Å². The third-order valence-electron chi connectivity index (χ3n) is 8.18. The average Bonchev–Trinajstić information content (AvgIpc) is 2.93. The highest BCUT2D eigenvalue weighted by atomic mass is 32.2. The van der Waals surface area contributed by atoms with E-state index in [9.17, 15) is 8.42 Å². The summed E-state index contributed by atoms with van der Waals surface area (Å²) in [6.07, 6.45) is 31.2. The van der Waals surface area contributed by atoms with Crippen LogP contribution in [0.25, 0.3) is 0 Å². The van der Waals surface area contributed by atoms with Crippen molar-refractivity contribution in [2.75, 3.05) is 13.1 Å². The number of rotatable bonds is 28. The van der Waals surface area contributed by atoms with Gasteiger partial charge in [0.15, 0.2) is 0 Å². The average molecular weight is 564 g/mol. The molecule has 1 aromatic rings. The van der Waals surface area contributed by atoms with Gasteiger partial charge in [-0.3, -0.25) is 0 Å². The van der Waals surface area contributed by atoms with Crippen LogP contribution in [0.15, 0.2) is 29.2 Å². The quantitative estimate of drug-likeness (QED) is 0.0951. The van der Waals surface area contributed by atoms with Gasteiger partial charge in [0.25, 0.3) is 0 Å². The van der Waals surface area contributed by atoms with E-state index in [0.29, 0.717) is 18.0 Å². The first-order valence-electron chi connectivity index (χ1n) is 17.1. The number of hydrogen-bond acceptors (Lipinski definition) is 2. The fourth-order valence-electron chi connectivity index (χ4n) is 5.47. The van der Waals surface area contributed by atoms with Crippen molar-refractivity contribution in [3.8, 4) is 0 Å². The molecule has 0 N–H and O–H groups in total. The van der Waals surface area contributed by atoms with Gasteiger partial charge < -0.3 is 0 Å². The molecule has 0 fully saturated rings. The van der Waals surface area contributed by atoms with Crippen LogP contribution in [0.4, 0.5) is 0 Å².